The zero-order valence-corrected chi connectivity index (χ0v) is 20.0. The van der Waals surface area contributed by atoms with Crippen molar-refractivity contribution in [2.45, 2.75) is 0 Å². The quantitative estimate of drug-likeness (QED) is 0.484. The van der Waals surface area contributed by atoms with Crippen molar-refractivity contribution in [1.29, 1.82) is 0 Å². The summed E-state index contributed by atoms with van der Waals surface area (Å²) in [6, 6.07) is 10.5. The number of nitrogens with zero attached hydrogens (tertiary/aromatic N) is 6. The van der Waals surface area contributed by atoms with Crippen LogP contribution in [-0.4, -0.2) is 96.4 Å². The minimum atomic E-state index is -0.418. The molecule has 0 radical (unpaired) electrons. The summed E-state index contributed by atoms with van der Waals surface area (Å²) in [4.78, 5) is 26.3. The molecule has 2 fully saturated rings. The van der Waals surface area contributed by atoms with E-state index < -0.39 is 6.03 Å². The molecule has 190 valence electrons. The highest BCUT2D eigenvalue weighted by Crippen LogP contribution is 2.21. The number of hydrogen-bond donors (Lipinski definition) is 2. The Labute approximate surface area is 209 Å². The molecule has 0 unspecified atom stereocenters. The third-order valence-corrected chi connectivity index (χ3v) is 5.86. The second-order valence-corrected chi connectivity index (χ2v) is 8.37. The van der Waals surface area contributed by atoms with Gasteiger partial charge >= 0.3 is 6.03 Å². The molecule has 1 aromatic carbocycles. The first kappa shape index (κ1) is 24.0. The van der Waals surface area contributed by atoms with Crippen LogP contribution >= 0.6 is 0 Å². The maximum absolute atomic E-state index is 12.8. The SMILES string of the molecule is O=C(Nc1cccc(-n2cccn2)c1)Nc1cc(OCCN2CCOCC2)nc(N2CCOCC2)n1. The van der Waals surface area contributed by atoms with Gasteiger partial charge in [-0.1, -0.05) is 6.07 Å². The van der Waals surface area contributed by atoms with Gasteiger partial charge in [0.05, 0.1) is 32.1 Å². The van der Waals surface area contributed by atoms with E-state index in [1.54, 1.807) is 16.9 Å². The number of benzene rings is 1. The van der Waals surface area contributed by atoms with Crippen molar-refractivity contribution in [2.75, 3.05) is 81.3 Å². The second kappa shape index (κ2) is 11.8. The van der Waals surface area contributed by atoms with Crippen molar-refractivity contribution < 1.29 is 19.0 Å². The Morgan fingerprint density at radius 2 is 1.78 bits per heavy atom. The normalized spacial score (nSPS) is 16.5. The van der Waals surface area contributed by atoms with E-state index in [1.165, 1.54) is 0 Å². The Bertz CT molecular complexity index is 1130. The fraction of sp³-hybridized carbons (Fsp3) is 0.417. The summed E-state index contributed by atoms with van der Waals surface area (Å²) in [5.41, 5.74) is 1.47. The number of morpholine rings is 2. The molecule has 2 aliphatic rings. The third kappa shape index (κ3) is 6.47. The lowest BCUT2D eigenvalue weighted by Crippen LogP contribution is -2.39. The van der Waals surface area contributed by atoms with Crippen molar-refractivity contribution in [3.63, 3.8) is 0 Å². The number of amides is 2. The molecule has 2 saturated heterocycles. The fourth-order valence-electron chi connectivity index (χ4n) is 3.99. The molecule has 2 amide bonds. The molecule has 3 aromatic rings. The van der Waals surface area contributed by atoms with Crippen molar-refractivity contribution >= 4 is 23.5 Å². The molecular formula is C24H30N8O4. The van der Waals surface area contributed by atoms with Crippen LogP contribution in [-0.2, 0) is 9.47 Å². The number of nitrogens with one attached hydrogen (secondary N) is 2. The van der Waals surface area contributed by atoms with E-state index in [0.29, 0.717) is 56.2 Å². The zero-order chi connectivity index (χ0) is 24.6. The van der Waals surface area contributed by atoms with Gasteiger partial charge in [0, 0.05) is 56.9 Å². The molecular weight excluding hydrogens is 464 g/mol. The molecule has 0 saturated carbocycles. The van der Waals surface area contributed by atoms with Crippen LogP contribution in [0.25, 0.3) is 5.69 Å². The Hall–Kier alpha value is -3.74. The predicted octanol–water partition coefficient (Wildman–Crippen LogP) is 1.85. The lowest BCUT2D eigenvalue weighted by molar-refractivity contribution is 0.0320. The molecule has 2 aromatic heterocycles. The van der Waals surface area contributed by atoms with Crippen LogP contribution in [0.1, 0.15) is 0 Å². The Balaban J connectivity index is 1.26. The van der Waals surface area contributed by atoms with Crippen molar-refractivity contribution in [3.8, 4) is 11.6 Å². The van der Waals surface area contributed by atoms with Gasteiger partial charge in [-0.3, -0.25) is 10.2 Å². The summed E-state index contributed by atoms with van der Waals surface area (Å²) in [5, 5.41) is 9.90. The Morgan fingerprint density at radius 1 is 0.972 bits per heavy atom. The summed E-state index contributed by atoms with van der Waals surface area (Å²) >= 11 is 0. The summed E-state index contributed by atoms with van der Waals surface area (Å²) in [5.74, 6) is 1.27. The first-order chi connectivity index (χ1) is 17.7. The van der Waals surface area contributed by atoms with E-state index in [0.717, 1.165) is 38.5 Å². The summed E-state index contributed by atoms with van der Waals surface area (Å²) in [6.07, 6.45) is 3.54. The molecule has 2 N–H and O–H groups in total. The van der Waals surface area contributed by atoms with Crippen molar-refractivity contribution in [1.82, 2.24) is 24.6 Å². The average Bonchev–Trinajstić information content (AvgIpc) is 3.45. The number of anilines is 3. The molecule has 12 heteroatoms. The summed E-state index contributed by atoms with van der Waals surface area (Å²) in [6.45, 7) is 7.04. The lowest BCUT2D eigenvalue weighted by atomic mass is 10.3. The highest BCUT2D eigenvalue weighted by atomic mass is 16.5. The van der Waals surface area contributed by atoms with E-state index in [4.69, 9.17) is 14.2 Å². The fourth-order valence-corrected chi connectivity index (χ4v) is 3.99. The van der Waals surface area contributed by atoms with E-state index in [-0.39, 0.29) is 0 Å². The summed E-state index contributed by atoms with van der Waals surface area (Å²) < 4.78 is 18.5. The van der Waals surface area contributed by atoms with Crippen LogP contribution in [0.15, 0.2) is 48.8 Å². The van der Waals surface area contributed by atoms with Gasteiger partial charge in [0.15, 0.2) is 0 Å². The van der Waals surface area contributed by atoms with Crippen LogP contribution in [0.4, 0.5) is 22.2 Å². The highest BCUT2D eigenvalue weighted by Gasteiger charge is 2.18. The monoisotopic (exact) mass is 494 g/mol. The molecule has 5 rings (SSSR count). The van der Waals surface area contributed by atoms with Crippen LogP contribution in [0.2, 0.25) is 0 Å². The van der Waals surface area contributed by atoms with Crippen LogP contribution in [0.3, 0.4) is 0 Å². The van der Waals surface area contributed by atoms with Crippen LogP contribution in [0.5, 0.6) is 5.88 Å². The van der Waals surface area contributed by atoms with E-state index >= 15 is 0 Å². The first-order valence-corrected chi connectivity index (χ1v) is 12.1. The van der Waals surface area contributed by atoms with Crippen molar-refractivity contribution in [3.05, 3.63) is 48.8 Å². The molecule has 12 nitrogen and oxygen atoms in total. The minimum absolute atomic E-state index is 0.355. The van der Waals surface area contributed by atoms with Crippen molar-refractivity contribution in [2.24, 2.45) is 0 Å². The van der Waals surface area contributed by atoms with Gasteiger partial charge in [0.2, 0.25) is 11.8 Å². The standard InChI is InChI=1S/C24H30N8O4/c33-24(26-19-3-1-4-20(17-19)32-6-2-5-25-32)28-21-18-22(36-16-9-30-7-12-34-13-8-30)29-23(27-21)31-10-14-35-15-11-31/h1-6,17-18H,7-16H2,(H2,26,27,28,29,33). The molecule has 0 bridgehead atoms. The molecule has 4 heterocycles. The molecule has 0 atom stereocenters. The Kier molecular flexibility index (Phi) is 7.86. The number of rotatable bonds is 8. The second-order valence-electron chi connectivity index (χ2n) is 8.37. The van der Waals surface area contributed by atoms with Crippen LogP contribution < -0.4 is 20.3 Å². The number of aromatic nitrogens is 4. The number of carbonyl (C=O) groups excluding carboxylic acids is 1. The largest absolute Gasteiger partial charge is 0.476 e. The van der Waals surface area contributed by atoms with E-state index in [9.17, 15) is 4.79 Å². The number of urea groups is 1. The van der Waals surface area contributed by atoms with Gasteiger partial charge in [-0.15, -0.1) is 0 Å². The minimum Gasteiger partial charge on any atom is -0.476 e. The number of carbonyl (C=O) groups is 1. The third-order valence-electron chi connectivity index (χ3n) is 5.86. The van der Waals surface area contributed by atoms with Crippen LogP contribution in [0, 0.1) is 0 Å². The molecule has 2 aliphatic heterocycles. The number of hydrogen-bond acceptors (Lipinski definition) is 9. The van der Waals surface area contributed by atoms with Gasteiger partial charge in [-0.25, -0.2) is 9.48 Å². The van der Waals surface area contributed by atoms with Gasteiger partial charge < -0.3 is 24.4 Å². The first-order valence-electron chi connectivity index (χ1n) is 12.1. The molecule has 0 spiro atoms. The van der Waals surface area contributed by atoms with Gasteiger partial charge in [-0.05, 0) is 24.3 Å². The van der Waals surface area contributed by atoms with E-state index in [2.05, 4.69) is 30.6 Å². The zero-order valence-electron chi connectivity index (χ0n) is 20.0. The average molecular weight is 495 g/mol. The topological polar surface area (TPSA) is 119 Å². The maximum Gasteiger partial charge on any atom is 0.324 e. The highest BCUT2D eigenvalue weighted by molar-refractivity contribution is 5.99. The van der Waals surface area contributed by atoms with Gasteiger partial charge in [0.25, 0.3) is 0 Å². The summed E-state index contributed by atoms with van der Waals surface area (Å²) in [7, 11) is 0. The maximum atomic E-state index is 12.8. The smallest absolute Gasteiger partial charge is 0.324 e. The van der Waals surface area contributed by atoms with E-state index in [1.807, 2.05) is 41.4 Å². The van der Waals surface area contributed by atoms with Gasteiger partial charge in [-0.2, -0.15) is 15.1 Å². The Morgan fingerprint density at radius 3 is 2.56 bits per heavy atom. The molecule has 0 aliphatic carbocycles. The number of ether oxygens (including phenoxy) is 3. The van der Waals surface area contributed by atoms with Gasteiger partial charge in [0.1, 0.15) is 12.4 Å². The molecule has 36 heavy (non-hydrogen) atoms. The predicted molar refractivity (Wildman–Crippen MR) is 134 cm³/mol. The lowest BCUT2D eigenvalue weighted by Gasteiger charge is -2.28.